The lowest BCUT2D eigenvalue weighted by molar-refractivity contribution is -0.122. The minimum absolute atomic E-state index is 0.139. The van der Waals surface area contributed by atoms with Crippen molar-refractivity contribution in [1.29, 1.82) is 0 Å². The van der Waals surface area contributed by atoms with Crippen molar-refractivity contribution >= 4 is 29.0 Å². The highest BCUT2D eigenvalue weighted by Gasteiger charge is 2.62. The second kappa shape index (κ2) is 9.49. The molecule has 1 saturated heterocycles. The minimum Gasteiger partial charge on any atom is -0.459 e. The third kappa shape index (κ3) is 4.13. The maximum atomic E-state index is 13.8. The van der Waals surface area contributed by atoms with Gasteiger partial charge in [0.25, 0.3) is 0 Å². The highest BCUT2D eigenvalue weighted by molar-refractivity contribution is 6.23. The molecule has 2 bridgehead atoms. The molecule has 1 saturated carbocycles. The minimum atomic E-state index is -0.432. The molecule has 2 amide bonds. The van der Waals surface area contributed by atoms with Crippen molar-refractivity contribution in [3.05, 3.63) is 118 Å². The molecule has 5 heteroatoms. The first-order valence-electron chi connectivity index (χ1n) is 13.5. The molecule has 0 unspecified atom stereocenters. The quantitative estimate of drug-likeness (QED) is 0.227. The van der Waals surface area contributed by atoms with Crippen LogP contribution in [0, 0.1) is 37.5 Å². The van der Waals surface area contributed by atoms with E-state index >= 15 is 0 Å². The monoisotopic (exact) mass is 517 g/mol. The largest absolute Gasteiger partial charge is 0.459 e. The maximum Gasteiger partial charge on any atom is 0.338 e. The van der Waals surface area contributed by atoms with Crippen molar-refractivity contribution in [2.75, 3.05) is 4.90 Å². The molecule has 3 aromatic carbocycles. The second-order valence-corrected chi connectivity index (χ2v) is 11.1. The van der Waals surface area contributed by atoms with Crippen molar-refractivity contribution in [1.82, 2.24) is 0 Å². The third-order valence-electron chi connectivity index (χ3n) is 8.09. The van der Waals surface area contributed by atoms with Gasteiger partial charge in [0.15, 0.2) is 0 Å². The van der Waals surface area contributed by atoms with Crippen LogP contribution in [0.1, 0.15) is 46.5 Å². The van der Waals surface area contributed by atoms with E-state index < -0.39 is 17.8 Å². The number of esters is 1. The summed E-state index contributed by atoms with van der Waals surface area (Å²) in [5.41, 5.74) is 7.71. The fourth-order valence-corrected chi connectivity index (χ4v) is 6.32. The van der Waals surface area contributed by atoms with E-state index in [4.69, 9.17) is 4.74 Å². The number of imide groups is 1. The van der Waals surface area contributed by atoms with Gasteiger partial charge in [-0.05, 0) is 74.2 Å². The number of anilines is 1. The number of aryl methyl sites for hydroxylation is 2. The Morgan fingerprint density at radius 1 is 0.692 bits per heavy atom. The fraction of sp³-hybridized carbons (Fsp3) is 0.265. The van der Waals surface area contributed by atoms with E-state index in [1.807, 2.05) is 0 Å². The van der Waals surface area contributed by atoms with Gasteiger partial charge in [0.1, 0.15) is 0 Å². The number of benzene rings is 3. The number of carbonyl (C=O) groups excluding carboxylic acids is 3. The van der Waals surface area contributed by atoms with Crippen molar-refractivity contribution < 1.29 is 19.1 Å². The number of hydrogen-bond acceptors (Lipinski definition) is 4. The first-order chi connectivity index (χ1) is 18.7. The maximum absolute atomic E-state index is 13.8. The van der Waals surface area contributed by atoms with E-state index in [9.17, 15) is 14.4 Å². The Kier molecular flexibility index (Phi) is 6.10. The Hall–Kier alpha value is -4.25. The average Bonchev–Trinajstić information content (AvgIpc) is 3.55. The van der Waals surface area contributed by atoms with Crippen molar-refractivity contribution in [2.45, 2.75) is 33.8 Å². The van der Waals surface area contributed by atoms with Crippen molar-refractivity contribution in [3.8, 4) is 0 Å². The number of nitrogens with zero attached hydrogens (tertiary/aromatic N) is 1. The molecule has 5 nitrogen and oxygen atoms in total. The molecule has 3 aliphatic rings. The Morgan fingerprint density at radius 2 is 1.13 bits per heavy atom. The Balaban J connectivity index is 1.38. The lowest BCUT2D eigenvalue weighted by atomic mass is 9.85. The van der Waals surface area contributed by atoms with Crippen LogP contribution < -0.4 is 4.90 Å². The third-order valence-corrected chi connectivity index (χ3v) is 8.09. The van der Waals surface area contributed by atoms with Gasteiger partial charge in [-0.1, -0.05) is 71.8 Å². The van der Waals surface area contributed by atoms with Gasteiger partial charge in [-0.3, -0.25) is 9.59 Å². The smallest absolute Gasteiger partial charge is 0.338 e. The molecule has 2 fully saturated rings. The zero-order valence-electron chi connectivity index (χ0n) is 22.5. The van der Waals surface area contributed by atoms with Gasteiger partial charge >= 0.3 is 5.97 Å². The summed E-state index contributed by atoms with van der Waals surface area (Å²) in [4.78, 5) is 41.3. The predicted octanol–water partition coefficient (Wildman–Crippen LogP) is 6.29. The number of rotatable bonds is 5. The van der Waals surface area contributed by atoms with Gasteiger partial charge in [0.05, 0.1) is 29.2 Å². The van der Waals surface area contributed by atoms with Gasteiger partial charge in [-0.25, -0.2) is 9.69 Å². The Bertz CT molecular complexity index is 1450. The first kappa shape index (κ1) is 25.1. The Labute approximate surface area is 228 Å². The van der Waals surface area contributed by atoms with Crippen LogP contribution in [-0.4, -0.2) is 23.9 Å². The summed E-state index contributed by atoms with van der Waals surface area (Å²) >= 11 is 0. The number of hydrogen-bond donors (Lipinski definition) is 0. The van der Waals surface area contributed by atoms with E-state index in [2.05, 4.69) is 74.5 Å². The van der Waals surface area contributed by atoms with Crippen LogP contribution in [-0.2, 0) is 14.3 Å². The van der Waals surface area contributed by atoms with Gasteiger partial charge in [-0.2, -0.15) is 0 Å². The van der Waals surface area contributed by atoms with Crippen LogP contribution in [0.25, 0.3) is 5.57 Å². The van der Waals surface area contributed by atoms with Crippen LogP contribution >= 0.6 is 0 Å². The summed E-state index contributed by atoms with van der Waals surface area (Å²) in [5.74, 6) is -1.92. The lowest BCUT2D eigenvalue weighted by Crippen LogP contribution is -2.33. The molecule has 6 rings (SSSR count). The van der Waals surface area contributed by atoms with E-state index in [1.165, 1.54) is 16.0 Å². The van der Waals surface area contributed by atoms with E-state index in [-0.39, 0.29) is 29.8 Å². The highest BCUT2D eigenvalue weighted by Crippen LogP contribution is 2.58. The molecule has 0 spiro atoms. The number of allylic oxidation sites excluding steroid dienone is 3. The summed E-state index contributed by atoms with van der Waals surface area (Å²) in [6.07, 6.45) is 4.00. The van der Waals surface area contributed by atoms with E-state index in [0.29, 0.717) is 11.3 Å². The number of amides is 2. The number of ether oxygens (including phenoxy) is 1. The lowest BCUT2D eigenvalue weighted by Gasteiger charge is -2.22. The molecule has 0 aromatic heterocycles. The van der Waals surface area contributed by atoms with E-state index in [1.54, 1.807) is 38.1 Å². The topological polar surface area (TPSA) is 63.7 Å². The first-order valence-corrected chi connectivity index (χ1v) is 13.5. The SMILES string of the molecule is Cc1ccc(C(=C2[C@H]3C=C[C@H]2[C@H]2C(=O)N(c4ccc(C(=O)OC(C)C)cc4)C(=O)[C@H]23)c2ccc(C)cc2)cc1. The summed E-state index contributed by atoms with van der Waals surface area (Å²) in [7, 11) is 0. The molecule has 2 aliphatic carbocycles. The molecule has 196 valence electrons. The summed E-state index contributed by atoms with van der Waals surface area (Å²) in [5, 5.41) is 0. The number of carbonyl (C=O) groups is 3. The molecule has 1 heterocycles. The highest BCUT2D eigenvalue weighted by atomic mass is 16.5. The average molecular weight is 518 g/mol. The predicted molar refractivity (Wildman–Crippen MR) is 151 cm³/mol. The van der Waals surface area contributed by atoms with Crippen LogP contribution in [0.5, 0.6) is 0 Å². The van der Waals surface area contributed by atoms with Crippen LogP contribution in [0.3, 0.4) is 0 Å². The summed E-state index contributed by atoms with van der Waals surface area (Å²) in [6, 6.07) is 23.5. The molecule has 1 aliphatic heterocycles. The van der Waals surface area contributed by atoms with E-state index in [0.717, 1.165) is 22.3 Å². The Morgan fingerprint density at radius 3 is 1.56 bits per heavy atom. The van der Waals surface area contributed by atoms with Crippen molar-refractivity contribution in [3.63, 3.8) is 0 Å². The van der Waals surface area contributed by atoms with Crippen LogP contribution in [0.4, 0.5) is 5.69 Å². The van der Waals surface area contributed by atoms with Gasteiger partial charge in [0, 0.05) is 11.8 Å². The zero-order valence-corrected chi connectivity index (χ0v) is 22.5. The molecule has 0 radical (unpaired) electrons. The standard InChI is InChI=1S/C34H31NO4/c1-19(2)39-34(38)24-13-15-25(16-14-24)35-32(36)30-26-17-18-27(31(30)33(35)37)29(26)28(22-9-5-20(3)6-10-22)23-11-7-21(4)8-12-23/h5-19,26-27,30-31H,1-4H3/t26-,27-,30-,31+/m1/s1. The van der Waals surface area contributed by atoms with Gasteiger partial charge in [0.2, 0.25) is 11.8 Å². The van der Waals surface area contributed by atoms with Crippen molar-refractivity contribution in [2.24, 2.45) is 23.7 Å². The zero-order chi connectivity index (χ0) is 27.4. The normalized spacial score (nSPS) is 23.1. The molecule has 3 aromatic rings. The molecular weight excluding hydrogens is 486 g/mol. The molecule has 39 heavy (non-hydrogen) atoms. The molecule has 4 atom stereocenters. The van der Waals surface area contributed by atoms with Crippen LogP contribution in [0.15, 0.2) is 90.5 Å². The summed E-state index contributed by atoms with van der Waals surface area (Å²) < 4.78 is 5.26. The summed E-state index contributed by atoms with van der Waals surface area (Å²) in [6.45, 7) is 7.72. The molecule has 0 N–H and O–H groups in total. The second-order valence-electron chi connectivity index (χ2n) is 11.1. The van der Waals surface area contributed by atoms with Gasteiger partial charge in [-0.15, -0.1) is 0 Å². The van der Waals surface area contributed by atoms with Gasteiger partial charge < -0.3 is 4.74 Å². The fourth-order valence-electron chi connectivity index (χ4n) is 6.32. The molecular formula is C34H31NO4. The number of fused-ring (bicyclic) bond motifs is 5. The van der Waals surface area contributed by atoms with Crippen LogP contribution in [0.2, 0.25) is 0 Å².